The first kappa shape index (κ1) is 12.9. The monoisotopic (exact) mass is 235 g/mol. The number of aliphatic hydroxyl groups is 1. The van der Waals surface area contributed by atoms with Gasteiger partial charge in [-0.1, -0.05) is 12.8 Å². The largest absolute Gasteiger partial charge is 0.395 e. The SMILES string of the molecule is C[C@H](CO)NC1CCCCC1S(C)(=O)=O. The molecule has 1 fully saturated rings. The molecule has 90 valence electrons. The number of rotatable bonds is 4. The van der Waals surface area contributed by atoms with Crippen LogP contribution >= 0.6 is 0 Å². The summed E-state index contributed by atoms with van der Waals surface area (Å²) in [5, 5.41) is 11.9. The van der Waals surface area contributed by atoms with E-state index in [0.29, 0.717) is 0 Å². The molecule has 0 aromatic rings. The maximum atomic E-state index is 11.6. The molecule has 1 aliphatic rings. The molecule has 3 atom stereocenters. The van der Waals surface area contributed by atoms with Crippen LogP contribution in [0.3, 0.4) is 0 Å². The van der Waals surface area contributed by atoms with Gasteiger partial charge in [0.05, 0.1) is 11.9 Å². The minimum Gasteiger partial charge on any atom is -0.395 e. The third kappa shape index (κ3) is 3.74. The van der Waals surface area contributed by atoms with Gasteiger partial charge in [-0.15, -0.1) is 0 Å². The fraction of sp³-hybridized carbons (Fsp3) is 1.00. The first-order chi connectivity index (χ1) is 6.95. The van der Waals surface area contributed by atoms with Crippen molar-refractivity contribution in [1.82, 2.24) is 5.32 Å². The fourth-order valence-corrected chi connectivity index (χ4v) is 3.62. The molecule has 1 saturated carbocycles. The molecule has 4 nitrogen and oxygen atoms in total. The molecule has 0 heterocycles. The number of sulfone groups is 1. The molecular weight excluding hydrogens is 214 g/mol. The van der Waals surface area contributed by atoms with Crippen molar-refractivity contribution < 1.29 is 13.5 Å². The van der Waals surface area contributed by atoms with E-state index in [0.717, 1.165) is 25.7 Å². The van der Waals surface area contributed by atoms with E-state index >= 15 is 0 Å². The lowest BCUT2D eigenvalue weighted by Gasteiger charge is -2.32. The van der Waals surface area contributed by atoms with Gasteiger partial charge in [-0.2, -0.15) is 0 Å². The highest BCUT2D eigenvalue weighted by Gasteiger charge is 2.32. The zero-order valence-corrected chi connectivity index (χ0v) is 10.3. The molecule has 0 bridgehead atoms. The van der Waals surface area contributed by atoms with Crippen LogP contribution in [0.25, 0.3) is 0 Å². The Labute approximate surface area is 92.0 Å². The van der Waals surface area contributed by atoms with Crippen LogP contribution < -0.4 is 5.32 Å². The Morgan fingerprint density at radius 3 is 2.53 bits per heavy atom. The highest BCUT2D eigenvalue weighted by atomic mass is 32.2. The second-order valence-corrected chi connectivity index (χ2v) is 6.77. The summed E-state index contributed by atoms with van der Waals surface area (Å²) in [7, 11) is -2.97. The topological polar surface area (TPSA) is 66.4 Å². The molecule has 1 rings (SSSR count). The van der Waals surface area contributed by atoms with Gasteiger partial charge in [0.2, 0.25) is 0 Å². The second-order valence-electron chi connectivity index (χ2n) is 4.51. The zero-order chi connectivity index (χ0) is 11.5. The zero-order valence-electron chi connectivity index (χ0n) is 9.44. The third-order valence-corrected chi connectivity index (χ3v) is 4.69. The molecule has 2 N–H and O–H groups in total. The van der Waals surface area contributed by atoms with Gasteiger partial charge in [0, 0.05) is 18.3 Å². The number of hydrogen-bond acceptors (Lipinski definition) is 4. The van der Waals surface area contributed by atoms with Gasteiger partial charge in [-0.05, 0) is 19.8 Å². The van der Waals surface area contributed by atoms with Gasteiger partial charge in [0.1, 0.15) is 0 Å². The van der Waals surface area contributed by atoms with Crippen LogP contribution in [-0.4, -0.2) is 43.7 Å². The van der Waals surface area contributed by atoms with Crippen molar-refractivity contribution in [3.63, 3.8) is 0 Å². The normalized spacial score (nSPS) is 30.1. The summed E-state index contributed by atoms with van der Waals surface area (Å²) in [6.45, 7) is 1.92. The number of nitrogens with one attached hydrogen (secondary N) is 1. The van der Waals surface area contributed by atoms with Crippen molar-refractivity contribution in [2.75, 3.05) is 12.9 Å². The van der Waals surface area contributed by atoms with E-state index in [1.807, 2.05) is 6.92 Å². The van der Waals surface area contributed by atoms with Gasteiger partial charge in [-0.3, -0.25) is 0 Å². The van der Waals surface area contributed by atoms with E-state index in [9.17, 15) is 8.42 Å². The van der Waals surface area contributed by atoms with E-state index in [4.69, 9.17) is 5.11 Å². The number of hydrogen-bond donors (Lipinski definition) is 2. The summed E-state index contributed by atoms with van der Waals surface area (Å²) in [5.74, 6) is 0. The standard InChI is InChI=1S/C10H21NO3S/c1-8(7-12)11-9-5-3-4-6-10(9)15(2,13)14/h8-12H,3-7H2,1-2H3/t8-,9?,10?/m1/s1. The van der Waals surface area contributed by atoms with Crippen molar-refractivity contribution in [3.8, 4) is 0 Å². The van der Waals surface area contributed by atoms with Crippen molar-refractivity contribution in [1.29, 1.82) is 0 Å². The second kappa shape index (κ2) is 5.27. The lowest BCUT2D eigenvalue weighted by molar-refractivity contribution is 0.228. The maximum Gasteiger partial charge on any atom is 0.151 e. The predicted octanol–water partition coefficient (Wildman–Crippen LogP) is 0.313. The summed E-state index contributed by atoms with van der Waals surface area (Å²) in [5.41, 5.74) is 0. The number of aliphatic hydroxyl groups excluding tert-OH is 1. The molecule has 0 amide bonds. The van der Waals surface area contributed by atoms with Gasteiger partial charge in [-0.25, -0.2) is 8.42 Å². The van der Waals surface area contributed by atoms with Gasteiger partial charge < -0.3 is 10.4 Å². The third-order valence-electron chi connectivity index (χ3n) is 3.02. The van der Waals surface area contributed by atoms with Crippen LogP contribution in [0.5, 0.6) is 0 Å². The summed E-state index contributed by atoms with van der Waals surface area (Å²) >= 11 is 0. The summed E-state index contributed by atoms with van der Waals surface area (Å²) in [4.78, 5) is 0. The lowest BCUT2D eigenvalue weighted by atomic mass is 9.94. The van der Waals surface area contributed by atoms with Crippen LogP contribution in [0.2, 0.25) is 0 Å². The van der Waals surface area contributed by atoms with Gasteiger partial charge in [0.15, 0.2) is 9.84 Å². The fourth-order valence-electron chi connectivity index (χ4n) is 2.22. The minimum absolute atomic E-state index is 0.0101. The molecule has 0 aliphatic heterocycles. The predicted molar refractivity (Wildman–Crippen MR) is 60.6 cm³/mol. The van der Waals surface area contributed by atoms with E-state index in [-0.39, 0.29) is 23.9 Å². The highest BCUT2D eigenvalue weighted by molar-refractivity contribution is 7.91. The van der Waals surface area contributed by atoms with E-state index in [2.05, 4.69) is 5.32 Å². The van der Waals surface area contributed by atoms with Crippen LogP contribution in [0.15, 0.2) is 0 Å². The summed E-state index contributed by atoms with van der Waals surface area (Å²) in [6.07, 6.45) is 5.00. The maximum absolute atomic E-state index is 11.6. The quantitative estimate of drug-likeness (QED) is 0.736. The van der Waals surface area contributed by atoms with E-state index in [1.165, 1.54) is 6.26 Å². The molecule has 2 unspecified atom stereocenters. The van der Waals surface area contributed by atoms with E-state index in [1.54, 1.807) is 0 Å². The van der Waals surface area contributed by atoms with Crippen molar-refractivity contribution in [2.24, 2.45) is 0 Å². The van der Waals surface area contributed by atoms with Crippen molar-refractivity contribution in [2.45, 2.75) is 49.9 Å². The molecule has 15 heavy (non-hydrogen) atoms. The van der Waals surface area contributed by atoms with Crippen LogP contribution in [-0.2, 0) is 9.84 Å². The Bertz CT molecular complexity index is 289. The van der Waals surface area contributed by atoms with Crippen molar-refractivity contribution in [3.05, 3.63) is 0 Å². The first-order valence-electron chi connectivity index (χ1n) is 5.51. The Balaban J connectivity index is 2.66. The molecule has 1 aliphatic carbocycles. The Kier molecular flexibility index (Phi) is 4.55. The minimum atomic E-state index is -2.97. The Morgan fingerprint density at radius 2 is 2.00 bits per heavy atom. The lowest BCUT2D eigenvalue weighted by Crippen LogP contribution is -2.50. The average molecular weight is 235 g/mol. The Hall–Kier alpha value is -0.130. The molecule has 0 radical (unpaired) electrons. The molecule has 0 aromatic heterocycles. The van der Waals surface area contributed by atoms with Gasteiger partial charge in [0.25, 0.3) is 0 Å². The van der Waals surface area contributed by atoms with E-state index < -0.39 is 9.84 Å². The van der Waals surface area contributed by atoms with Crippen LogP contribution in [0.1, 0.15) is 32.6 Å². The molecular formula is C10H21NO3S. The van der Waals surface area contributed by atoms with Crippen LogP contribution in [0.4, 0.5) is 0 Å². The highest BCUT2D eigenvalue weighted by Crippen LogP contribution is 2.24. The summed E-state index contributed by atoms with van der Waals surface area (Å²) in [6, 6.07) is -0.0201. The Morgan fingerprint density at radius 1 is 1.40 bits per heavy atom. The molecule has 0 saturated heterocycles. The summed E-state index contributed by atoms with van der Waals surface area (Å²) < 4.78 is 23.1. The van der Waals surface area contributed by atoms with Crippen LogP contribution in [0, 0.1) is 0 Å². The average Bonchev–Trinajstić information content (AvgIpc) is 2.17. The smallest absolute Gasteiger partial charge is 0.151 e. The molecule has 5 heteroatoms. The van der Waals surface area contributed by atoms with Crippen molar-refractivity contribution >= 4 is 9.84 Å². The first-order valence-corrected chi connectivity index (χ1v) is 7.46. The molecule has 0 aromatic carbocycles. The van der Waals surface area contributed by atoms with Gasteiger partial charge >= 0.3 is 0 Å². The molecule has 0 spiro atoms.